The summed E-state index contributed by atoms with van der Waals surface area (Å²) in [6, 6.07) is 14.1. The summed E-state index contributed by atoms with van der Waals surface area (Å²) in [6.45, 7) is 6.49. The number of pyridine rings is 1. The number of aliphatic imine (C=N–C) groups is 2. The topological polar surface area (TPSA) is 83.6 Å². The standard InChI is InChI=1S/C17H20N4O.C7H7F/c1-10-7-8-14(19-9-10)21-17(18)15-11(2)16(22)12-5-3-4-6-13(12)20-15;1-6-4-2-3-5-7(6)8/h3-6,10H,7-9H2,1-2H3,(H,20,22)(H2,18,19,21);2-5H,1H3. The average Bonchev–Trinajstić information content (AvgIpc) is 2.75. The Bertz CT molecular complexity index is 1140. The van der Waals surface area contributed by atoms with Gasteiger partial charge in [0.05, 0.1) is 5.69 Å². The van der Waals surface area contributed by atoms with Gasteiger partial charge < -0.3 is 10.7 Å². The zero-order chi connectivity index (χ0) is 21.7. The van der Waals surface area contributed by atoms with Crippen molar-refractivity contribution < 1.29 is 4.39 Å². The molecule has 0 aliphatic carbocycles. The van der Waals surface area contributed by atoms with Gasteiger partial charge in [-0.2, -0.15) is 0 Å². The van der Waals surface area contributed by atoms with Crippen molar-refractivity contribution in [1.29, 1.82) is 0 Å². The lowest BCUT2D eigenvalue weighted by molar-refractivity contribution is 0.536. The first-order chi connectivity index (χ1) is 14.4. The van der Waals surface area contributed by atoms with Gasteiger partial charge in [-0.15, -0.1) is 0 Å². The zero-order valence-corrected chi connectivity index (χ0v) is 17.6. The van der Waals surface area contributed by atoms with Crippen LogP contribution in [0.15, 0.2) is 63.3 Å². The predicted molar refractivity (Wildman–Crippen MR) is 122 cm³/mol. The number of benzene rings is 2. The number of aromatic nitrogens is 1. The van der Waals surface area contributed by atoms with E-state index in [2.05, 4.69) is 21.9 Å². The van der Waals surface area contributed by atoms with Crippen molar-refractivity contribution in [2.45, 2.75) is 33.6 Å². The van der Waals surface area contributed by atoms with Gasteiger partial charge in [-0.05, 0) is 49.9 Å². The largest absolute Gasteiger partial charge is 0.382 e. The third-order valence-corrected chi connectivity index (χ3v) is 5.18. The average molecular weight is 407 g/mol. The molecule has 3 N–H and O–H groups in total. The Morgan fingerprint density at radius 3 is 2.50 bits per heavy atom. The van der Waals surface area contributed by atoms with Crippen molar-refractivity contribution in [3.8, 4) is 0 Å². The summed E-state index contributed by atoms with van der Waals surface area (Å²) < 4.78 is 12.3. The molecule has 1 unspecified atom stereocenters. The molecule has 0 radical (unpaired) electrons. The summed E-state index contributed by atoms with van der Waals surface area (Å²) >= 11 is 0. The number of nitrogens with one attached hydrogen (secondary N) is 1. The van der Waals surface area contributed by atoms with E-state index in [0.717, 1.165) is 30.7 Å². The van der Waals surface area contributed by atoms with Crippen molar-refractivity contribution in [3.63, 3.8) is 0 Å². The molecule has 5 nitrogen and oxygen atoms in total. The van der Waals surface area contributed by atoms with E-state index in [1.807, 2.05) is 30.3 Å². The Kier molecular flexibility index (Phi) is 6.77. The number of amidine groups is 2. The lowest BCUT2D eigenvalue weighted by Gasteiger charge is -2.15. The van der Waals surface area contributed by atoms with Gasteiger partial charge in [0, 0.05) is 29.4 Å². The monoisotopic (exact) mass is 406 g/mol. The van der Waals surface area contributed by atoms with Gasteiger partial charge in [0.1, 0.15) is 17.5 Å². The molecule has 4 rings (SSSR count). The minimum absolute atomic E-state index is 0.0123. The van der Waals surface area contributed by atoms with Crippen LogP contribution in [0, 0.1) is 25.6 Å². The number of rotatable bonds is 1. The second-order valence-corrected chi connectivity index (χ2v) is 7.65. The fourth-order valence-corrected chi connectivity index (χ4v) is 3.23. The number of hydrogen-bond acceptors (Lipinski definition) is 3. The number of nitrogens with two attached hydrogens (primary N) is 1. The van der Waals surface area contributed by atoms with Crippen molar-refractivity contribution in [1.82, 2.24) is 4.98 Å². The summed E-state index contributed by atoms with van der Waals surface area (Å²) in [6.07, 6.45) is 1.90. The van der Waals surface area contributed by atoms with Gasteiger partial charge in [-0.3, -0.25) is 9.79 Å². The normalized spacial score (nSPS) is 16.6. The van der Waals surface area contributed by atoms with Crippen LogP contribution < -0.4 is 11.2 Å². The number of hydrogen-bond donors (Lipinski definition) is 2. The van der Waals surface area contributed by atoms with E-state index in [0.29, 0.717) is 34.0 Å². The van der Waals surface area contributed by atoms with Gasteiger partial charge in [-0.25, -0.2) is 9.38 Å². The van der Waals surface area contributed by atoms with Crippen LogP contribution in [-0.4, -0.2) is 23.2 Å². The van der Waals surface area contributed by atoms with Crippen molar-refractivity contribution in [2.24, 2.45) is 21.6 Å². The molecule has 0 saturated heterocycles. The molecule has 0 spiro atoms. The van der Waals surface area contributed by atoms with Crippen LogP contribution in [0.5, 0.6) is 0 Å². The number of fused-ring (bicyclic) bond motifs is 1. The molecule has 1 aromatic heterocycles. The molecule has 0 amide bonds. The highest BCUT2D eigenvalue weighted by molar-refractivity contribution is 6.06. The molecular formula is C24H27FN4O. The first kappa shape index (κ1) is 21.4. The summed E-state index contributed by atoms with van der Waals surface area (Å²) in [5.74, 6) is 1.56. The number of para-hydroxylation sites is 1. The highest BCUT2D eigenvalue weighted by atomic mass is 19.1. The quantitative estimate of drug-likeness (QED) is 0.460. The molecule has 1 atom stereocenters. The summed E-state index contributed by atoms with van der Waals surface area (Å²) in [5, 5.41) is 0.667. The minimum Gasteiger partial charge on any atom is -0.382 e. The second kappa shape index (κ2) is 9.48. The molecule has 2 heterocycles. The molecule has 0 fully saturated rings. The van der Waals surface area contributed by atoms with Crippen LogP contribution in [0.2, 0.25) is 0 Å². The Labute approximate surface area is 175 Å². The zero-order valence-electron chi connectivity index (χ0n) is 17.6. The number of nitrogens with zero attached hydrogens (tertiary/aromatic N) is 2. The van der Waals surface area contributed by atoms with Crippen LogP contribution in [0.1, 0.15) is 36.6 Å². The maximum atomic E-state index is 12.4. The SMILES string of the molecule is Cc1c(C(N)=NC2=NCC(C)CC2)[nH]c2ccccc2c1=O.Cc1ccccc1F. The van der Waals surface area contributed by atoms with Gasteiger partial charge in [0.15, 0.2) is 5.43 Å². The Hall–Kier alpha value is -3.28. The molecule has 1 aliphatic rings. The smallest absolute Gasteiger partial charge is 0.193 e. The molecule has 2 aromatic carbocycles. The fraction of sp³-hybridized carbons (Fsp3) is 0.292. The van der Waals surface area contributed by atoms with Crippen LogP contribution in [0.25, 0.3) is 10.9 Å². The second-order valence-electron chi connectivity index (χ2n) is 7.65. The van der Waals surface area contributed by atoms with Crippen LogP contribution in [0.3, 0.4) is 0 Å². The van der Waals surface area contributed by atoms with Crippen LogP contribution in [0.4, 0.5) is 4.39 Å². The summed E-state index contributed by atoms with van der Waals surface area (Å²) in [4.78, 5) is 24.5. The summed E-state index contributed by atoms with van der Waals surface area (Å²) in [5.41, 5.74) is 8.75. The van der Waals surface area contributed by atoms with E-state index < -0.39 is 0 Å². The van der Waals surface area contributed by atoms with E-state index in [4.69, 9.17) is 5.73 Å². The van der Waals surface area contributed by atoms with E-state index in [9.17, 15) is 9.18 Å². The molecule has 3 aromatic rings. The van der Waals surface area contributed by atoms with Gasteiger partial charge in [-0.1, -0.05) is 37.3 Å². The first-order valence-corrected chi connectivity index (χ1v) is 10.1. The van der Waals surface area contributed by atoms with E-state index >= 15 is 0 Å². The molecular weight excluding hydrogens is 379 g/mol. The van der Waals surface area contributed by atoms with Crippen molar-refractivity contribution in [3.05, 3.63) is 81.4 Å². The van der Waals surface area contributed by atoms with E-state index in [1.165, 1.54) is 6.07 Å². The molecule has 30 heavy (non-hydrogen) atoms. The number of halogens is 1. The lowest BCUT2D eigenvalue weighted by atomic mass is 10.0. The van der Waals surface area contributed by atoms with Crippen LogP contribution in [-0.2, 0) is 0 Å². The maximum absolute atomic E-state index is 12.4. The summed E-state index contributed by atoms with van der Waals surface area (Å²) in [7, 11) is 0. The number of H-pyrrole nitrogens is 1. The Morgan fingerprint density at radius 1 is 1.17 bits per heavy atom. The molecule has 0 bridgehead atoms. The van der Waals surface area contributed by atoms with E-state index in [-0.39, 0.29) is 11.2 Å². The number of aryl methyl sites for hydroxylation is 1. The molecule has 6 heteroatoms. The van der Waals surface area contributed by atoms with Gasteiger partial charge in [0.25, 0.3) is 0 Å². The molecule has 156 valence electrons. The van der Waals surface area contributed by atoms with Crippen molar-refractivity contribution >= 4 is 22.6 Å². The lowest BCUT2D eigenvalue weighted by Crippen LogP contribution is -2.24. The van der Waals surface area contributed by atoms with Crippen LogP contribution >= 0.6 is 0 Å². The maximum Gasteiger partial charge on any atom is 0.193 e. The number of aromatic amines is 1. The molecule has 0 saturated carbocycles. The Morgan fingerprint density at radius 2 is 1.87 bits per heavy atom. The van der Waals surface area contributed by atoms with E-state index in [1.54, 1.807) is 26.0 Å². The van der Waals surface area contributed by atoms with Gasteiger partial charge >= 0.3 is 0 Å². The van der Waals surface area contributed by atoms with Crippen molar-refractivity contribution in [2.75, 3.05) is 6.54 Å². The fourth-order valence-electron chi connectivity index (χ4n) is 3.23. The predicted octanol–water partition coefficient (Wildman–Crippen LogP) is 4.50. The Balaban J connectivity index is 0.000000269. The van der Waals surface area contributed by atoms with Gasteiger partial charge in [0.2, 0.25) is 0 Å². The first-order valence-electron chi connectivity index (χ1n) is 10.1. The highest BCUT2D eigenvalue weighted by Gasteiger charge is 2.14. The third kappa shape index (κ3) is 5.00. The molecule has 1 aliphatic heterocycles. The third-order valence-electron chi connectivity index (χ3n) is 5.18. The minimum atomic E-state index is -0.132. The highest BCUT2D eigenvalue weighted by Crippen LogP contribution is 2.15.